The van der Waals surface area contributed by atoms with Crippen LogP contribution in [0.15, 0.2) is 0 Å². The molecule has 0 atom stereocenters. The summed E-state index contributed by atoms with van der Waals surface area (Å²) in [6.07, 6.45) is 0. The second-order valence-electron chi connectivity index (χ2n) is 5.56. The van der Waals surface area contributed by atoms with Gasteiger partial charge in [0.05, 0.1) is 0 Å². The fourth-order valence-electron chi connectivity index (χ4n) is 2.16. The summed E-state index contributed by atoms with van der Waals surface area (Å²) in [4.78, 5) is 5.03. The van der Waals surface area contributed by atoms with Crippen molar-refractivity contribution in [2.24, 2.45) is 0 Å². The molecule has 0 bridgehead atoms. The molecule has 0 aromatic carbocycles. The van der Waals surface area contributed by atoms with Crippen molar-refractivity contribution < 1.29 is 0 Å². The van der Waals surface area contributed by atoms with Crippen LogP contribution >= 0.6 is 0 Å². The van der Waals surface area contributed by atoms with E-state index in [1.807, 2.05) is 0 Å². The van der Waals surface area contributed by atoms with E-state index in [4.69, 9.17) is 0 Å². The quantitative estimate of drug-likeness (QED) is 0.752. The van der Waals surface area contributed by atoms with Crippen LogP contribution in [0.1, 0.15) is 27.7 Å². The Morgan fingerprint density at radius 1 is 1.27 bits per heavy atom. The monoisotopic (exact) mass is 213 g/mol. The van der Waals surface area contributed by atoms with Crippen LogP contribution in [0.3, 0.4) is 0 Å². The lowest BCUT2D eigenvalue weighted by molar-refractivity contribution is 0.0627. The van der Waals surface area contributed by atoms with Gasteiger partial charge in [0, 0.05) is 44.3 Å². The zero-order chi connectivity index (χ0) is 11.5. The van der Waals surface area contributed by atoms with E-state index >= 15 is 0 Å². The normalized spacial score (nSPS) is 20.2. The Labute approximate surface area is 94.8 Å². The van der Waals surface area contributed by atoms with Gasteiger partial charge in [0.1, 0.15) is 0 Å². The Bertz CT molecular complexity index is 183. The second-order valence-corrected chi connectivity index (χ2v) is 5.56. The van der Waals surface area contributed by atoms with E-state index in [1.54, 1.807) is 0 Å². The molecule has 0 spiro atoms. The molecular formula is C12H27N3. The molecule has 0 aromatic heterocycles. The van der Waals surface area contributed by atoms with Gasteiger partial charge in [-0.3, -0.25) is 4.90 Å². The van der Waals surface area contributed by atoms with Gasteiger partial charge in [-0.2, -0.15) is 0 Å². The molecule has 1 aliphatic heterocycles. The third-order valence-corrected chi connectivity index (χ3v) is 3.49. The summed E-state index contributed by atoms with van der Waals surface area (Å²) in [5.74, 6) is 0. The van der Waals surface area contributed by atoms with Gasteiger partial charge in [0.25, 0.3) is 0 Å². The predicted molar refractivity (Wildman–Crippen MR) is 66.3 cm³/mol. The Hall–Kier alpha value is -0.120. The lowest BCUT2D eigenvalue weighted by atomic mass is 10.0. The minimum Gasteiger partial charge on any atom is -0.314 e. The topological polar surface area (TPSA) is 18.5 Å². The highest BCUT2D eigenvalue weighted by molar-refractivity contribution is 4.87. The molecular weight excluding hydrogens is 186 g/mol. The zero-order valence-corrected chi connectivity index (χ0v) is 11.0. The average Bonchev–Trinajstić information content (AvgIpc) is 2.18. The van der Waals surface area contributed by atoms with Crippen LogP contribution in [0, 0.1) is 0 Å². The molecule has 1 N–H and O–H groups in total. The Balaban J connectivity index is 2.48. The van der Waals surface area contributed by atoms with Gasteiger partial charge in [-0.05, 0) is 34.7 Å². The van der Waals surface area contributed by atoms with Crippen molar-refractivity contribution in [3.63, 3.8) is 0 Å². The van der Waals surface area contributed by atoms with Crippen LogP contribution in [-0.2, 0) is 0 Å². The van der Waals surface area contributed by atoms with Gasteiger partial charge in [-0.25, -0.2) is 0 Å². The van der Waals surface area contributed by atoms with Crippen LogP contribution in [-0.4, -0.2) is 61.2 Å². The van der Waals surface area contributed by atoms with Crippen LogP contribution in [0.5, 0.6) is 0 Å². The average molecular weight is 213 g/mol. The maximum Gasteiger partial charge on any atom is 0.0281 e. The van der Waals surface area contributed by atoms with E-state index in [9.17, 15) is 0 Å². The Kier molecular flexibility index (Phi) is 4.56. The van der Waals surface area contributed by atoms with Crippen molar-refractivity contribution in [3.8, 4) is 0 Å². The van der Waals surface area contributed by atoms with Crippen molar-refractivity contribution >= 4 is 0 Å². The van der Waals surface area contributed by atoms with Gasteiger partial charge in [0.2, 0.25) is 0 Å². The second kappa shape index (κ2) is 5.28. The predicted octanol–water partition coefficient (Wildman–Crippen LogP) is 1.01. The molecule has 15 heavy (non-hydrogen) atoms. The summed E-state index contributed by atoms with van der Waals surface area (Å²) in [7, 11) is 2.22. The lowest BCUT2D eigenvalue weighted by Gasteiger charge is -2.44. The van der Waals surface area contributed by atoms with Crippen LogP contribution in [0.2, 0.25) is 0 Å². The van der Waals surface area contributed by atoms with Gasteiger partial charge in [0.15, 0.2) is 0 Å². The standard InChI is InChI=1S/C12H27N3/c1-11(2)14(5)10-12(3,4)15-8-6-13-7-9-15/h11,13H,6-10H2,1-5H3. The van der Waals surface area contributed by atoms with E-state index in [0.717, 1.165) is 19.6 Å². The minimum atomic E-state index is 0.293. The van der Waals surface area contributed by atoms with Gasteiger partial charge in [-0.1, -0.05) is 0 Å². The van der Waals surface area contributed by atoms with Crippen molar-refractivity contribution in [2.75, 3.05) is 39.8 Å². The Morgan fingerprint density at radius 3 is 2.27 bits per heavy atom. The van der Waals surface area contributed by atoms with Crippen molar-refractivity contribution in [2.45, 2.75) is 39.3 Å². The summed E-state index contributed by atoms with van der Waals surface area (Å²) in [6.45, 7) is 15.0. The number of likely N-dealkylation sites (N-methyl/N-ethyl adjacent to an activating group) is 1. The van der Waals surface area contributed by atoms with Crippen LogP contribution < -0.4 is 5.32 Å². The van der Waals surface area contributed by atoms with Crippen LogP contribution in [0.4, 0.5) is 0 Å². The maximum absolute atomic E-state index is 3.41. The molecule has 0 amide bonds. The number of hydrogen-bond donors (Lipinski definition) is 1. The molecule has 1 fully saturated rings. The highest BCUT2D eigenvalue weighted by atomic mass is 15.3. The number of piperazine rings is 1. The van der Waals surface area contributed by atoms with Crippen molar-refractivity contribution in [1.29, 1.82) is 0 Å². The van der Waals surface area contributed by atoms with Crippen LogP contribution in [0.25, 0.3) is 0 Å². The first-order valence-corrected chi connectivity index (χ1v) is 6.09. The molecule has 1 heterocycles. The molecule has 0 aromatic rings. The number of hydrogen-bond acceptors (Lipinski definition) is 3. The molecule has 1 rings (SSSR count). The first-order valence-electron chi connectivity index (χ1n) is 6.09. The summed E-state index contributed by atoms with van der Waals surface area (Å²) < 4.78 is 0. The number of nitrogens with one attached hydrogen (secondary N) is 1. The summed E-state index contributed by atoms with van der Waals surface area (Å²) in [6, 6.07) is 0.632. The molecule has 3 nitrogen and oxygen atoms in total. The highest BCUT2D eigenvalue weighted by Crippen LogP contribution is 2.17. The third kappa shape index (κ3) is 3.74. The molecule has 1 saturated heterocycles. The van der Waals surface area contributed by atoms with E-state index in [-0.39, 0.29) is 0 Å². The number of nitrogens with zero attached hydrogens (tertiary/aromatic N) is 2. The van der Waals surface area contributed by atoms with E-state index in [1.165, 1.54) is 13.1 Å². The lowest BCUT2D eigenvalue weighted by Crippen LogP contribution is -2.57. The summed E-state index contributed by atoms with van der Waals surface area (Å²) >= 11 is 0. The highest BCUT2D eigenvalue weighted by Gasteiger charge is 2.29. The van der Waals surface area contributed by atoms with Gasteiger partial charge in [-0.15, -0.1) is 0 Å². The van der Waals surface area contributed by atoms with E-state index in [0.29, 0.717) is 11.6 Å². The molecule has 0 unspecified atom stereocenters. The van der Waals surface area contributed by atoms with E-state index < -0.39 is 0 Å². The third-order valence-electron chi connectivity index (χ3n) is 3.49. The molecule has 90 valence electrons. The summed E-state index contributed by atoms with van der Waals surface area (Å²) in [5.41, 5.74) is 0.293. The first kappa shape index (κ1) is 12.9. The largest absolute Gasteiger partial charge is 0.314 e. The SMILES string of the molecule is CC(C)N(C)CC(C)(C)N1CCNCC1. The molecule has 0 radical (unpaired) electrons. The number of rotatable bonds is 4. The van der Waals surface area contributed by atoms with E-state index in [2.05, 4.69) is 49.9 Å². The smallest absolute Gasteiger partial charge is 0.0281 e. The molecule has 1 aliphatic rings. The van der Waals surface area contributed by atoms with Crippen molar-refractivity contribution in [1.82, 2.24) is 15.1 Å². The zero-order valence-electron chi connectivity index (χ0n) is 11.0. The Morgan fingerprint density at radius 2 is 1.80 bits per heavy atom. The minimum absolute atomic E-state index is 0.293. The summed E-state index contributed by atoms with van der Waals surface area (Å²) in [5, 5.41) is 3.41. The fourth-order valence-corrected chi connectivity index (χ4v) is 2.16. The maximum atomic E-state index is 3.41. The van der Waals surface area contributed by atoms with Crippen molar-refractivity contribution in [3.05, 3.63) is 0 Å². The van der Waals surface area contributed by atoms with Gasteiger partial charge < -0.3 is 10.2 Å². The molecule has 0 aliphatic carbocycles. The molecule has 0 saturated carbocycles. The first-order chi connectivity index (χ1) is 6.93. The van der Waals surface area contributed by atoms with Gasteiger partial charge >= 0.3 is 0 Å². The fraction of sp³-hybridized carbons (Fsp3) is 1.00. The molecule has 3 heteroatoms.